The van der Waals surface area contributed by atoms with Crippen LogP contribution in [0.5, 0.6) is 0 Å². The van der Waals surface area contributed by atoms with E-state index in [4.69, 9.17) is 9.60 Å². The van der Waals surface area contributed by atoms with Crippen molar-refractivity contribution in [1.29, 1.82) is 0 Å². The zero-order chi connectivity index (χ0) is 95.8. The van der Waals surface area contributed by atoms with Crippen molar-refractivity contribution in [1.82, 2.24) is 13.7 Å². The Morgan fingerprint density at radius 1 is 0.162 bits per heavy atom. The first-order valence-electron chi connectivity index (χ1n) is 49.4. The molecular formula is C130H83N3S3. The van der Waals surface area contributed by atoms with Crippen LogP contribution in [0.3, 0.4) is 0 Å². The number of aromatic nitrogens is 3. The summed E-state index contributed by atoms with van der Waals surface area (Å²) in [5.41, 5.74) is 30.5. The lowest BCUT2D eigenvalue weighted by Crippen LogP contribution is -1.97. The molecule has 6 heteroatoms. The molecule has 6 heterocycles. The number of nitrogens with zero attached hydrogens (tertiary/aromatic N) is 3. The molecule has 0 radical (unpaired) electrons. The predicted octanol–water partition coefficient (Wildman–Crippen LogP) is 37.6. The van der Waals surface area contributed by atoms with Crippen LogP contribution in [0.2, 0.25) is 0 Å². The summed E-state index contributed by atoms with van der Waals surface area (Å²) in [6.45, 7) is 0. The molecule has 0 N–H and O–H groups in total. The molecular weight excluding hydrogens is 1700 g/mol. The van der Waals surface area contributed by atoms with E-state index in [9.17, 15) is 0 Å². The number of thiophene rings is 3. The van der Waals surface area contributed by atoms with Gasteiger partial charge in [0.1, 0.15) is 0 Å². The van der Waals surface area contributed by atoms with Gasteiger partial charge in [0.05, 0.1) is 59.8 Å². The quantitative estimate of drug-likeness (QED) is 0.116. The van der Waals surface area contributed by atoms with Gasteiger partial charge in [0.25, 0.3) is 0 Å². The van der Waals surface area contributed by atoms with Crippen molar-refractivity contribution < 1.29 is 9.60 Å². The third-order valence-electron chi connectivity index (χ3n) is 27.0. The molecule has 636 valence electrons. The highest BCUT2D eigenvalue weighted by Gasteiger charge is 2.24. The molecule has 3 nitrogen and oxygen atoms in total. The summed E-state index contributed by atoms with van der Waals surface area (Å²) in [5.74, 6) is 0. The van der Waals surface area contributed by atoms with E-state index < -0.39 is 0 Å². The fourth-order valence-electron chi connectivity index (χ4n) is 20.7. The first-order chi connectivity index (χ1) is 70.4. The minimum atomic E-state index is -0.362. The van der Waals surface area contributed by atoms with Gasteiger partial charge in [-0.25, -0.2) is 0 Å². The first kappa shape index (κ1) is 72.8. The van der Waals surface area contributed by atoms with Gasteiger partial charge >= 0.3 is 0 Å². The highest BCUT2D eigenvalue weighted by atomic mass is 32.1. The second-order valence-corrected chi connectivity index (χ2v) is 37.7. The van der Waals surface area contributed by atoms with Gasteiger partial charge in [-0.3, -0.25) is 0 Å². The molecule has 0 aliphatic heterocycles. The molecule has 28 rings (SSSR count). The minimum Gasteiger partial charge on any atom is -0.309 e. The maximum Gasteiger partial charge on any atom is 0.0638 e. The Kier molecular flexibility index (Phi) is 18.1. The summed E-state index contributed by atoms with van der Waals surface area (Å²) in [5, 5.41) is 16.1. The summed E-state index contributed by atoms with van der Waals surface area (Å²) in [6, 6.07) is 164. The van der Waals surface area contributed by atoms with Crippen molar-refractivity contribution in [3.63, 3.8) is 0 Å². The molecule has 136 heavy (non-hydrogen) atoms. The van der Waals surface area contributed by atoms with Crippen LogP contribution < -0.4 is 0 Å². The Morgan fingerprint density at radius 3 is 1.01 bits per heavy atom. The SMILES string of the molecule is [2H]c1c([2H])c([2H])c2c(sc3c([2H])c([2H])c([2H])c(-c4ccc(-c5ccccc5-n5c6ccccc6c6cc(-c7ccccc7)ccc65)cc4)c32)c1[2H].c1ccc(-c2ccc3c(c2)c2ccccc2n3-c2ccccc2-c2ccc(-c3cccc4c3sc3ccccc34)cc2)cc1.c1ccc(-c2ccc3c(c2)c2ccccc2n3-c2ccccc2-c2ccc(-c3cccc4sc5c6ccccc6ccc5c34)cc2)cc1. The number of rotatable bonds is 12. The van der Waals surface area contributed by atoms with E-state index in [1.54, 1.807) is 0 Å². The van der Waals surface area contributed by atoms with E-state index in [2.05, 4.69) is 432 Å². The third kappa shape index (κ3) is 13.8. The minimum absolute atomic E-state index is 0.145. The van der Waals surface area contributed by atoms with Gasteiger partial charge in [0.2, 0.25) is 0 Å². The van der Waals surface area contributed by atoms with Crippen LogP contribution >= 0.6 is 34.0 Å². The van der Waals surface area contributed by atoms with Crippen molar-refractivity contribution in [2.75, 3.05) is 0 Å². The summed E-state index contributed by atoms with van der Waals surface area (Å²) < 4.78 is 73.3. The van der Waals surface area contributed by atoms with Crippen molar-refractivity contribution in [3.8, 4) is 117 Å². The topological polar surface area (TPSA) is 14.8 Å². The Balaban J connectivity index is 0.000000110. The lowest BCUT2D eigenvalue weighted by molar-refractivity contribution is 1.18. The van der Waals surface area contributed by atoms with Gasteiger partial charge < -0.3 is 13.7 Å². The normalized spacial score (nSPS) is 12.4. The number of fused-ring (bicyclic) bond motifs is 20. The van der Waals surface area contributed by atoms with Crippen molar-refractivity contribution in [3.05, 3.63) is 503 Å². The lowest BCUT2D eigenvalue weighted by atomic mass is 9.96. The summed E-state index contributed by atoms with van der Waals surface area (Å²) >= 11 is 4.86. The van der Waals surface area contributed by atoms with Crippen molar-refractivity contribution >= 4 is 171 Å². The van der Waals surface area contributed by atoms with Crippen LogP contribution in [-0.2, 0) is 0 Å². The highest BCUT2D eigenvalue weighted by molar-refractivity contribution is 7.27. The van der Waals surface area contributed by atoms with Gasteiger partial charge in [-0.15, -0.1) is 34.0 Å². The van der Waals surface area contributed by atoms with E-state index in [1.165, 1.54) is 173 Å². The molecule has 0 saturated heterocycles. The Labute approximate surface area is 808 Å². The molecule has 0 aliphatic rings. The number of hydrogen-bond acceptors (Lipinski definition) is 3. The van der Waals surface area contributed by atoms with Crippen LogP contribution in [-0.4, -0.2) is 13.7 Å². The van der Waals surface area contributed by atoms with Crippen LogP contribution in [0.4, 0.5) is 0 Å². The molecule has 0 unspecified atom stereocenters. The first-order valence-corrected chi connectivity index (χ1v) is 48.4. The van der Waals surface area contributed by atoms with Gasteiger partial charge in [-0.2, -0.15) is 0 Å². The number of hydrogen-bond donors (Lipinski definition) is 0. The molecule has 22 aromatic carbocycles. The largest absolute Gasteiger partial charge is 0.309 e. The van der Waals surface area contributed by atoms with E-state index in [-0.39, 0.29) is 47.7 Å². The van der Waals surface area contributed by atoms with Crippen LogP contribution in [0.1, 0.15) is 9.60 Å². The van der Waals surface area contributed by atoms with Gasteiger partial charge in [-0.1, -0.05) is 406 Å². The summed E-state index contributed by atoms with van der Waals surface area (Å²) in [7, 11) is 0. The van der Waals surface area contributed by atoms with Crippen molar-refractivity contribution in [2.45, 2.75) is 0 Å². The Hall–Kier alpha value is -16.8. The average molecular weight is 1790 g/mol. The number of benzene rings is 22. The highest BCUT2D eigenvalue weighted by Crippen LogP contribution is 2.49. The zero-order valence-electron chi connectivity index (χ0n) is 80.4. The van der Waals surface area contributed by atoms with Crippen LogP contribution in [0.15, 0.2) is 503 Å². The fraction of sp³-hybridized carbons (Fsp3) is 0. The number of para-hydroxylation sites is 6. The molecule has 0 fully saturated rings. The fourth-order valence-corrected chi connectivity index (χ4v) is 24.2. The Morgan fingerprint density at radius 2 is 0.507 bits per heavy atom. The smallest absolute Gasteiger partial charge is 0.0638 e. The van der Waals surface area contributed by atoms with Crippen LogP contribution in [0, 0.1) is 0 Å². The zero-order valence-corrected chi connectivity index (χ0v) is 75.9. The van der Waals surface area contributed by atoms with E-state index in [1.807, 2.05) is 65.1 Å². The molecule has 0 bridgehead atoms. The third-order valence-corrected chi connectivity index (χ3v) is 30.5. The Bertz CT molecular complexity index is 9990. The molecule has 28 aromatic rings. The summed E-state index contributed by atoms with van der Waals surface area (Å²) in [6.07, 6.45) is 0. The van der Waals surface area contributed by atoms with Crippen LogP contribution in [0.25, 0.3) is 254 Å². The molecule has 0 aliphatic carbocycles. The maximum atomic E-state index is 8.96. The van der Waals surface area contributed by atoms with E-state index in [0.29, 0.717) is 25.9 Å². The van der Waals surface area contributed by atoms with E-state index >= 15 is 0 Å². The van der Waals surface area contributed by atoms with Crippen molar-refractivity contribution in [2.24, 2.45) is 0 Å². The monoisotopic (exact) mass is 1790 g/mol. The summed E-state index contributed by atoms with van der Waals surface area (Å²) in [4.78, 5) is 0. The average Bonchev–Trinajstić information content (AvgIpc) is 1.57. The van der Waals surface area contributed by atoms with E-state index in [0.717, 1.165) is 61.1 Å². The second-order valence-electron chi connectivity index (χ2n) is 34.6. The van der Waals surface area contributed by atoms with Gasteiger partial charge in [0, 0.05) is 110 Å². The maximum absolute atomic E-state index is 8.96. The lowest BCUT2D eigenvalue weighted by Gasteiger charge is -2.15. The standard InChI is InChI=1S/C46H29NS.2C42H27NS/c1-2-11-30(12-3-1)34-26-28-43-40(29-34)38-16-7-9-19-42(38)47(43)41-18-8-6-14-35(41)32-21-23-33(24-22-32)36-17-10-20-44-45(36)39-27-25-31-13-4-5-15-37(31)46(39)48-44;1-2-11-28(12-3-1)31-25-26-40-37(27-31)34-14-5-8-19-39(34)43(40)38-18-7-4-13-32(38)29-21-23-30(24-22-29)33-16-10-17-36-35-15-6-9-20-41(35)44-42(33)36;1-2-11-28(12-3-1)31-25-26-39-36(27-31)34-14-5-8-18-38(34)43(39)37-17-7-4-13-32(37)29-21-23-30(24-22-29)33-16-10-20-41-42(33)35-15-6-9-19-40(35)44-41/h1-29H;2*1-27H/i;;6D,9D,10D,15D,16D,19D,20D. The molecule has 0 spiro atoms. The molecule has 0 amide bonds. The second kappa shape index (κ2) is 33.8. The van der Waals surface area contributed by atoms with Gasteiger partial charge in [-0.05, 0) is 191 Å². The van der Waals surface area contributed by atoms with Gasteiger partial charge in [0.15, 0.2) is 0 Å². The predicted molar refractivity (Wildman–Crippen MR) is 587 cm³/mol. The molecule has 0 saturated carbocycles. The molecule has 0 atom stereocenters. The molecule has 6 aromatic heterocycles.